The number of hydrogen-bond acceptors (Lipinski definition) is 4. The van der Waals surface area contributed by atoms with Crippen LogP contribution >= 0.6 is 15.9 Å². The van der Waals surface area contributed by atoms with Crippen LogP contribution in [0.15, 0.2) is 75.3 Å². The van der Waals surface area contributed by atoms with Crippen molar-refractivity contribution in [1.82, 2.24) is 0 Å². The van der Waals surface area contributed by atoms with Crippen LogP contribution in [0.4, 0.5) is 0 Å². The summed E-state index contributed by atoms with van der Waals surface area (Å²) in [6, 6.07) is 18.0. The van der Waals surface area contributed by atoms with Crippen LogP contribution in [-0.2, 0) is 14.3 Å². The standard InChI is InChI=1S/C26H26BrNO3/c1-15(2)31-26(30)23-16(3)28-21-13-19(17-8-5-4-6-9-17)14-22(29)25(21)24(23)18-10-7-11-20(27)12-18/h4-12,15,19,23-24H,13-14H2,1-3H3/t19-,23?,24-/m1/s1. The van der Waals surface area contributed by atoms with Crippen LogP contribution in [0.5, 0.6) is 0 Å². The third-order valence-electron chi connectivity index (χ3n) is 5.97. The average molecular weight is 480 g/mol. The Morgan fingerprint density at radius 2 is 1.77 bits per heavy atom. The van der Waals surface area contributed by atoms with E-state index in [2.05, 4.69) is 28.1 Å². The normalized spacial score (nSPS) is 23.5. The van der Waals surface area contributed by atoms with Gasteiger partial charge < -0.3 is 4.74 Å². The van der Waals surface area contributed by atoms with Crippen molar-refractivity contribution in [3.05, 3.63) is 81.5 Å². The molecule has 0 spiro atoms. The van der Waals surface area contributed by atoms with Crippen LogP contribution < -0.4 is 0 Å². The second kappa shape index (κ2) is 8.91. The first-order valence-electron chi connectivity index (χ1n) is 10.7. The van der Waals surface area contributed by atoms with Gasteiger partial charge in [-0.1, -0.05) is 58.4 Å². The second-order valence-electron chi connectivity index (χ2n) is 8.55. The number of ether oxygens (including phenoxy) is 1. The van der Waals surface area contributed by atoms with Crippen LogP contribution in [0, 0.1) is 5.92 Å². The number of carbonyl (C=O) groups is 2. The molecule has 4 nitrogen and oxygen atoms in total. The molecule has 0 amide bonds. The highest BCUT2D eigenvalue weighted by Crippen LogP contribution is 2.47. The summed E-state index contributed by atoms with van der Waals surface area (Å²) in [7, 11) is 0. The first kappa shape index (κ1) is 21.7. The van der Waals surface area contributed by atoms with E-state index in [0.717, 1.165) is 21.3 Å². The maximum absolute atomic E-state index is 13.5. The molecule has 0 fully saturated rings. The van der Waals surface area contributed by atoms with E-state index in [0.29, 0.717) is 24.1 Å². The predicted molar refractivity (Wildman–Crippen MR) is 125 cm³/mol. The van der Waals surface area contributed by atoms with Crippen LogP contribution in [-0.4, -0.2) is 23.6 Å². The Bertz CT molecular complexity index is 1070. The third-order valence-corrected chi connectivity index (χ3v) is 6.47. The Hall–Kier alpha value is -2.53. The molecule has 5 heteroatoms. The first-order chi connectivity index (χ1) is 14.8. The molecule has 1 aliphatic heterocycles. The zero-order valence-corrected chi connectivity index (χ0v) is 19.6. The molecule has 0 saturated carbocycles. The molecule has 3 atom stereocenters. The summed E-state index contributed by atoms with van der Waals surface area (Å²) < 4.78 is 6.49. The first-order valence-corrected chi connectivity index (χ1v) is 11.5. The summed E-state index contributed by atoms with van der Waals surface area (Å²) in [5.74, 6) is -1.15. The molecule has 2 aromatic carbocycles. The molecule has 0 saturated heterocycles. The summed E-state index contributed by atoms with van der Waals surface area (Å²) in [6.07, 6.45) is 0.885. The van der Waals surface area contributed by atoms with Crippen molar-refractivity contribution < 1.29 is 14.3 Å². The zero-order chi connectivity index (χ0) is 22.1. The average Bonchev–Trinajstić information content (AvgIpc) is 2.72. The molecule has 0 bridgehead atoms. The van der Waals surface area contributed by atoms with Crippen molar-refractivity contribution >= 4 is 33.4 Å². The van der Waals surface area contributed by atoms with E-state index in [1.807, 2.05) is 63.2 Å². The minimum absolute atomic E-state index is 0.0682. The molecule has 2 aromatic rings. The van der Waals surface area contributed by atoms with Gasteiger partial charge in [0.25, 0.3) is 0 Å². The number of halogens is 1. The summed E-state index contributed by atoms with van der Waals surface area (Å²) in [5, 5.41) is 0. The lowest BCUT2D eigenvalue weighted by Crippen LogP contribution is -2.38. The smallest absolute Gasteiger partial charge is 0.315 e. The second-order valence-corrected chi connectivity index (χ2v) is 9.46. The van der Waals surface area contributed by atoms with Crippen LogP contribution in [0.25, 0.3) is 0 Å². The Labute approximate surface area is 191 Å². The number of hydrogen-bond donors (Lipinski definition) is 0. The van der Waals surface area contributed by atoms with Gasteiger partial charge in [-0.2, -0.15) is 0 Å². The third kappa shape index (κ3) is 4.42. The molecule has 0 aromatic heterocycles. The number of ketones is 1. The molecule has 160 valence electrons. The number of aliphatic imine (C=N–C) groups is 1. The molecule has 31 heavy (non-hydrogen) atoms. The minimum Gasteiger partial charge on any atom is -0.462 e. The van der Waals surface area contributed by atoms with Crippen molar-refractivity contribution in [3.63, 3.8) is 0 Å². The van der Waals surface area contributed by atoms with Crippen molar-refractivity contribution in [3.8, 4) is 0 Å². The molecule has 4 rings (SSSR count). The van der Waals surface area contributed by atoms with Gasteiger partial charge in [0.05, 0.1) is 6.10 Å². The maximum atomic E-state index is 13.5. The topological polar surface area (TPSA) is 55.7 Å². The predicted octanol–water partition coefficient (Wildman–Crippen LogP) is 5.98. The fourth-order valence-electron chi connectivity index (χ4n) is 4.69. The Kier molecular flexibility index (Phi) is 6.24. The number of allylic oxidation sites excluding steroid dienone is 2. The van der Waals surface area contributed by atoms with Crippen molar-refractivity contribution in [2.24, 2.45) is 10.9 Å². The lowest BCUT2D eigenvalue weighted by Gasteiger charge is -2.36. The molecule has 2 aliphatic rings. The van der Waals surface area contributed by atoms with Crippen LogP contribution in [0.3, 0.4) is 0 Å². The molecule has 1 aliphatic carbocycles. The van der Waals surface area contributed by atoms with Gasteiger partial charge in [-0.3, -0.25) is 14.6 Å². The van der Waals surface area contributed by atoms with Gasteiger partial charge in [0.15, 0.2) is 5.78 Å². The number of benzene rings is 2. The number of Topliss-reactive ketones (excluding diaryl/α,β-unsaturated/α-hetero) is 1. The van der Waals surface area contributed by atoms with E-state index in [4.69, 9.17) is 9.73 Å². The van der Waals surface area contributed by atoms with Gasteiger partial charge in [0.1, 0.15) is 5.92 Å². The van der Waals surface area contributed by atoms with Crippen molar-refractivity contribution in [1.29, 1.82) is 0 Å². The summed E-state index contributed by atoms with van der Waals surface area (Å²) in [4.78, 5) is 31.4. The van der Waals surface area contributed by atoms with Gasteiger partial charge in [0, 0.05) is 33.8 Å². The monoisotopic (exact) mass is 479 g/mol. The molecule has 0 radical (unpaired) electrons. The van der Waals surface area contributed by atoms with Crippen LogP contribution in [0.2, 0.25) is 0 Å². The molecule has 1 unspecified atom stereocenters. The lowest BCUT2D eigenvalue weighted by molar-refractivity contribution is -0.150. The van der Waals surface area contributed by atoms with Crippen molar-refractivity contribution in [2.75, 3.05) is 0 Å². The summed E-state index contributed by atoms with van der Waals surface area (Å²) in [6.45, 7) is 5.54. The molecular weight excluding hydrogens is 454 g/mol. The van der Waals surface area contributed by atoms with E-state index < -0.39 is 5.92 Å². The summed E-state index contributed by atoms with van der Waals surface area (Å²) >= 11 is 3.54. The van der Waals surface area contributed by atoms with Gasteiger partial charge in [-0.05, 0) is 56.4 Å². The number of nitrogens with zero attached hydrogens (tertiary/aromatic N) is 1. The van der Waals surface area contributed by atoms with E-state index in [1.165, 1.54) is 0 Å². The molecular formula is C26H26BrNO3. The van der Waals surface area contributed by atoms with E-state index >= 15 is 0 Å². The fourth-order valence-corrected chi connectivity index (χ4v) is 5.11. The Balaban J connectivity index is 1.80. The van der Waals surface area contributed by atoms with E-state index in [9.17, 15) is 9.59 Å². The lowest BCUT2D eigenvalue weighted by atomic mass is 9.69. The highest BCUT2D eigenvalue weighted by Gasteiger charge is 2.44. The minimum atomic E-state index is -0.604. The van der Waals surface area contributed by atoms with Gasteiger partial charge in [-0.15, -0.1) is 0 Å². The number of rotatable bonds is 4. The van der Waals surface area contributed by atoms with Gasteiger partial charge >= 0.3 is 5.97 Å². The summed E-state index contributed by atoms with van der Waals surface area (Å²) in [5.41, 5.74) is 4.25. The van der Waals surface area contributed by atoms with E-state index in [1.54, 1.807) is 0 Å². The molecule has 0 N–H and O–H groups in total. The fraction of sp³-hybridized carbons (Fsp3) is 0.346. The van der Waals surface area contributed by atoms with Crippen molar-refractivity contribution in [2.45, 2.75) is 51.6 Å². The van der Waals surface area contributed by atoms with Crippen LogP contribution in [0.1, 0.15) is 56.6 Å². The highest BCUT2D eigenvalue weighted by molar-refractivity contribution is 9.10. The quantitative estimate of drug-likeness (QED) is 0.507. The Morgan fingerprint density at radius 3 is 2.45 bits per heavy atom. The van der Waals surface area contributed by atoms with E-state index in [-0.39, 0.29) is 29.7 Å². The number of esters is 1. The largest absolute Gasteiger partial charge is 0.462 e. The maximum Gasteiger partial charge on any atom is 0.315 e. The highest BCUT2D eigenvalue weighted by atomic mass is 79.9. The number of carbonyl (C=O) groups excluding carboxylic acids is 2. The SMILES string of the molecule is CC1=NC2=C(C(=O)C[C@H](c3ccccc3)C2)[C@H](c2cccc(Br)c2)C1C(=O)OC(C)C. The van der Waals surface area contributed by atoms with Gasteiger partial charge in [-0.25, -0.2) is 0 Å². The van der Waals surface area contributed by atoms with Gasteiger partial charge in [0.2, 0.25) is 0 Å². The molecule has 1 heterocycles. The Morgan fingerprint density at radius 1 is 1.06 bits per heavy atom. The zero-order valence-electron chi connectivity index (χ0n) is 18.0.